The van der Waals surface area contributed by atoms with Crippen molar-refractivity contribution in [2.45, 2.75) is 39.3 Å². The van der Waals surface area contributed by atoms with Crippen LogP contribution in [-0.2, 0) is 6.42 Å². The number of aliphatic hydroxyl groups is 1. The minimum absolute atomic E-state index is 0.0400. The molecular weight excluding hydrogens is 368 g/mol. The van der Waals surface area contributed by atoms with Crippen molar-refractivity contribution in [1.82, 2.24) is 9.97 Å². The predicted molar refractivity (Wildman–Crippen MR) is 102 cm³/mol. The molecule has 0 saturated carbocycles. The Bertz CT molecular complexity index is 1010. The zero-order chi connectivity index (χ0) is 20.4. The minimum Gasteiger partial charge on any atom is -0.504 e. The molecule has 0 saturated heterocycles. The van der Waals surface area contributed by atoms with Gasteiger partial charge in [-0.25, -0.2) is 18.7 Å². The fourth-order valence-corrected chi connectivity index (χ4v) is 2.78. The highest BCUT2D eigenvalue weighted by atomic mass is 19.1. The van der Waals surface area contributed by atoms with Crippen LogP contribution < -0.4 is 10.1 Å². The average molecular weight is 389 g/mol. The number of nitrogens with one attached hydrogen (secondary N) is 1. The summed E-state index contributed by atoms with van der Waals surface area (Å²) in [4.78, 5) is 8.66. The van der Waals surface area contributed by atoms with E-state index >= 15 is 0 Å². The van der Waals surface area contributed by atoms with E-state index in [0.717, 1.165) is 12.1 Å². The largest absolute Gasteiger partial charge is 0.504 e. The molecule has 1 atom stereocenters. The molecule has 0 aliphatic heterocycles. The first-order valence-corrected chi connectivity index (χ1v) is 8.83. The molecule has 0 bridgehead atoms. The van der Waals surface area contributed by atoms with Gasteiger partial charge in [-0.1, -0.05) is 0 Å². The van der Waals surface area contributed by atoms with Crippen molar-refractivity contribution < 1.29 is 23.7 Å². The van der Waals surface area contributed by atoms with E-state index in [1.165, 1.54) is 6.07 Å². The molecule has 1 heterocycles. The summed E-state index contributed by atoms with van der Waals surface area (Å²) in [6.45, 7) is 5.46. The van der Waals surface area contributed by atoms with Crippen LogP contribution in [0, 0.1) is 11.6 Å². The van der Waals surface area contributed by atoms with Crippen molar-refractivity contribution in [3.8, 4) is 17.2 Å². The summed E-state index contributed by atoms with van der Waals surface area (Å²) >= 11 is 0. The normalized spacial score (nSPS) is 12.4. The number of hydrogen-bond donors (Lipinski definition) is 3. The Balaban J connectivity index is 2.12. The number of nitrogens with zero attached hydrogens (tertiary/aromatic N) is 2. The number of anilines is 1. The van der Waals surface area contributed by atoms with Gasteiger partial charge in [-0.2, -0.15) is 0 Å². The molecule has 0 radical (unpaired) electrons. The Morgan fingerprint density at radius 3 is 2.54 bits per heavy atom. The quantitative estimate of drug-likeness (QED) is 0.587. The van der Waals surface area contributed by atoms with Gasteiger partial charge in [0, 0.05) is 35.7 Å². The lowest BCUT2D eigenvalue weighted by molar-refractivity contribution is 0.194. The molecule has 0 unspecified atom stereocenters. The first kappa shape index (κ1) is 19.8. The number of halogens is 2. The van der Waals surface area contributed by atoms with Crippen LogP contribution in [0.25, 0.3) is 10.9 Å². The number of ether oxygens (including phenoxy) is 1. The molecule has 2 aromatic carbocycles. The maximum absolute atomic E-state index is 13.9. The summed E-state index contributed by atoms with van der Waals surface area (Å²) in [5.74, 6) is -1.80. The third-order valence-electron chi connectivity index (χ3n) is 3.94. The molecule has 6 nitrogen and oxygen atoms in total. The summed E-state index contributed by atoms with van der Waals surface area (Å²) in [6, 6.07) is 4.46. The second-order valence-electron chi connectivity index (χ2n) is 6.86. The lowest BCUT2D eigenvalue weighted by atomic mass is 10.0. The van der Waals surface area contributed by atoms with Gasteiger partial charge < -0.3 is 20.3 Å². The van der Waals surface area contributed by atoms with Crippen LogP contribution in [0.4, 0.5) is 14.7 Å². The Hall–Kier alpha value is -3.00. The van der Waals surface area contributed by atoms with Gasteiger partial charge in [0.15, 0.2) is 23.1 Å². The molecule has 0 aliphatic rings. The number of fused-ring (bicyclic) bond motifs is 1. The molecule has 3 rings (SSSR count). The number of benzene rings is 2. The molecule has 1 aromatic heterocycles. The van der Waals surface area contributed by atoms with E-state index in [4.69, 9.17) is 4.74 Å². The Kier molecular flexibility index (Phi) is 5.60. The Morgan fingerprint density at radius 2 is 1.89 bits per heavy atom. The molecule has 0 fully saturated rings. The van der Waals surface area contributed by atoms with Crippen LogP contribution in [0.3, 0.4) is 0 Å². The maximum Gasteiger partial charge on any atom is 0.223 e. The topological polar surface area (TPSA) is 87.5 Å². The van der Waals surface area contributed by atoms with E-state index in [9.17, 15) is 19.0 Å². The highest BCUT2D eigenvalue weighted by Gasteiger charge is 2.19. The van der Waals surface area contributed by atoms with Crippen molar-refractivity contribution in [2.24, 2.45) is 0 Å². The number of rotatable bonds is 6. The van der Waals surface area contributed by atoms with Gasteiger partial charge in [-0.05, 0) is 39.0 Å². The third-order valence-corrected chi connectivity index (χ3v) is 3.94. The maximum atomic E-state index is 13.9. The second kappa shape index (κ2) is 7.93. The zero-order valence-corrected chi connectivity index (χ0v) is 15.7. The number of aromatic hydroxyl groups is 1. The van der Waals surface area contributed by atoms with Gasteiger partial charge in [-0.15, -0.1) is 0 Å². The molecule has 0 amide bonds. The molecule has 0 aliphatic carbocycles. The van der Waals surface area contributed by atoms with Gasteiger partial charge in [0.05, 0.1) is 11.6 Å². The fourth-order valence-electron chi connectivity index (χ4n) is 2.78. The van der Waals surface area contributed by atoms with Crippen LogP contribution in [0.1, 0.15) is 26.3 Å². The average Bonchev–Trinajstić information content (AvgIpc) is 2.60. The number of hydrogen-bond acceptors (Lipinski definition) is 6. The van der Waals surface area contributed by atoms with E-state index < -0.39 is 17.7 Å². The van der Waals surface area contributed by atoms with Crippen molar-refractivity contribution >= 4 is 16.9 Å². The molecule has 3 aromatic rings. The summed E-state index contributed by atoms with van der Waals surface area (Å²) < 4.78 is 32.5. The second-order valence-corrected chi connectivity index (χ2v) is 6.86. The smallest absolute Gasteiger partial charge is 0.223 e. The molecule has 28 heavy (non-hydrogen) atoms. The van der Waals surface area contributed by atoms with Gasteiger partial charge in [0.25, 0.3) is 0 Å². The van der Waals surface area contributed by atoms with Gasteiger partial charge in [0.1, 0.15) is 5.82 Å². The van der Waals surface area contributed by atoms with Crippen molar-refractivity contribution in [1.29, 1.82) is 0 Å². The lowest BCUT2D eigenvalue weighted by Crippen LogP contribution is -2.13. The SMILES string of the molecule is CC(C)Nc1ncc2cc(Oc3ccc(F)cc3F)c(O)c(C[C@H](C)O)c2n1. The number of aliphatic hydroxyl groups excluding tert-OH is 1. The third kappa shape index (κ3) is 4.28. The van der Waals surface area contributed by atoms with E-state index in [0.29, 0.717) is 28.5 Å². The molecule has 0 spiro atoms. The lowest BCUT2D eigenvalue weighted by Gasteiger charge is -2.16. The standard InChI is InChI=1S/C20H21F2N3O3/c1-10(2)24-20-23-9-12-7-17(28-16-5-4-13(21)8-15(16)22)19(27)14(6-11(3)26)18(12)25-20/h4-5,7-11,26-27H,6H2,1-3H3,(H,23,24,25)/t11-/m0/s1. The Morgan fingerprint density at radius 1 is 1.14 bits per heavy atom. The Labute approximate surface area is 160 Å². The van der Waals surface area contributed by atoms with Gasteiger partial charge in [-0.3, -0.25) is 0 Å². The van der Waals surface area contributed by atoms with E-state index in [1.807, 2.05) is 13.8 Å². The van der Waals surface area contributed by atoms with E-state index in [2.05, 4.69) is 15.3 Å². The summed E-state index contributed by atoms with van der Waals surface area (Å²) in [5.41, 5.74) is 0.794. The molecular formula is C20H21F2N3O3. The van der Waals surface area contributed by atoms with Gasteiger partial charge in [0.2, 0.25) is 5.95 Å². The highest BCUT2D eigenvalue weighted by molar-refractivity contribution is 5.87. The van der Waals surface area contributed by atoms with Crippen molar-refractivity contribution in [3.63, 3.8) is 0 Å². The summed E-state index contributed by atoms with van der Waals surface area (Å²) in [5, 5.41) is 24.2. The summed E-state index contributed by atoms with van der Waals surface area (Å²) in [6.07, 6.45) is 0.888. The highest BCUT2D eigenvalue weighted by Crippen LogP contribution is 2.39. The van der Waals surface area contributed by atoms with Crippen LogP contribution in [0.2, 0.25) is 0 Å². The van der Waals surface area contributed by atoms with Crippen LogP contribution in [0.5, 0.6) is 17.2 Å². The van der Waals surface area contributed by atoms with Crippen molar-refractivity contribution in [3.05, 3.63) is 47.7 Å². The number of phenolic OH excluding ortho intramolecular Hbond substituents is 1. The number of phenols is 1. The first-order valence-electron chi connectivity index (χ1n) is 8.83. The van der Waals surface area contributed by atoms with Crippen molar-refractivity contribution in [2.75, 3.05) is 5.32 Å². The number of aromatic nitrogens is 2. The van der Waals surface area contributed by atoms with Crippen LogP contribution >= 0.6 is 0 Å². The first-order chi connectivity index (χ1) is 13.2. The summed E-state index contributed by atoms with van der Waals surface area (Å²) in [7, 11) is 0. The predicted octanol–water partition coefficient (Wildman–Crippen LogP) is 4.15. The zero-order valence-electron chi connectivity index (χ0n) is 15.7. The molecule has 148 valence electrons. The van der Waals surface area contributed by atoms with Gasteiger partial charge >= 0.3 is 0 Å². The van der Waals surface area contributed by atoms with Crippen LogP contribution in [0.15, 0.2) is 30.5 Å². The minimum atomic E-state index is -0.899. The van der Waals surface area contributed by atoms with E-state index in [-0.39, 0.29) is 29.7 Å². The fraction of sp³-hybridized carbons (Fsp3) is 0.300. The molecule has 8 heteroatoms. The monoisotopic (exact) mass is 389 g/mol. The van der Waals surface area contributed by atoms with Crippen LogP contribution in [-0.4, -0.2) is 32.3 Å². The van der Waals surface area contributed by atoms with E-state index in [1.54, 1.807) is 13.1 Å². The molecule has 3 N–H and O–H groups in total.